The van der Waals surface area contributed by atoms with Crippen LogP contribution in [0.4, 0.5) is 5.82 Å². The number of hydrogen-bond acceptors (Lipinski definition) is 5. The number of nitrogens with one attached hydrogen (secondary N) is 1. The molecule has 9 heteroatoms. The summed E-state index contributed by atoms with van der Waals surface area (Å²) in [5.41, 5.74) is 6.29. The lowest BCUT2D eigenvalue weighted by Crippen LogP contribution is -2.24. The lowest BCUT2D eigenvalue weighted by molar-refractivity contribution is 0.577. The fourth-order valence-corrected chi connectivity index (χ4v) is 2.84. The van der Waals surface area contributed by atoms with E-state index in [1.807, 2.05) is 6.92 Å². The van der Waals surface area contributed by atoms with Gasteiger partial charge >= 0.3 is 0 Å². The van der Waals surface area contributed by atoms with E-state index in [1.165, 1.54) is 10.9 Å². The normalized spacial score (nSPS) is 11.9. The zero-order chi connectivity index (χ0) is 14.8. The number of hydrogen-bond donors (Lipinski definition) is 2. The average Bonchev–Trinajstić information content (AvgIpc) is 2.94. The molecule has 2 heterocycles. The summed E-state index contributed by atoms with van der Waals surface area (Å²) in [6.07, 6.45) is 4.04. The number of aryl methyl sites for hydroxylation is 2. The monoisotopic (exact) mass is 298 g/mol. The van der Waals surface area contributed by atoms with Crippen molar-refractivity contribution in [3.8, 4) is 0 Å². The van der Waals surface area contributed by atoms with Crippen LogP contribution in [0.25, 0.3) is 0 Å². The summed E-state index contributed by atoms with van der Waals surface area (Å²) < 4.78 is 29.9. The highest BCUT2D eigenvalue weighted by atomic mass is 32.2. The zero-order valence-electron chi connectivity index (χ0n) is 11.4. The largest absolute Gasteiger partial charge is 0.381 e. The predicted molar refractivity (Wildman–Crippen MR) is 74.2 cm³/mol. The number of aromatic nitrogens is 4. The van der Waals surface area contributed by atoms with Crippen LogP contribution in [0.5, 0.6) is 0 Å². The topological polar surface area (TPSA) is 108 Å². The number of anilines is 1. The SMILES string of the molecule is CCCn1cc(S(=O)(=O)NCc2ccn(C)n2)c(N)n1. The number of sulfonamides is 1. The van der Waals surface area contributed by atoms with Crippen molar-refractivity contribution in [3.05, 3.63) is 24.2 Å². The van der Waals surface area contributed by atoms with Gasteiger partial charge in [-0.2, -0.15) is 10.2 Å². The van der Waals surface area contributed by atoms with Crippen molar-refractivity contribution in [2.75, 3.05) is 5.73 Å². The molecule has 0 bridgehead atoms. The quantitative estimate of drug-likeness (QED) is 0.785. The van der Waals surface area contributed by atoms with Crippen molar-refractivity contribution in [2.24, 2.45) is 7.05 Å². The number of nitrogens with zero attached hydrogens (tertiary/aromatic N) is 4. The zero-order valence-corrected chi connectivity index (χ0v) is 12.3. The molecular weight excluding hydrogens is 280 g/mol. The maximum atomic E-state index is 12.2. The third-order valence-electron chi connectivity index (χ3n) is 2.71. The first-order valence-electron chi connectivity index (χ1n) is 6.23. The summed E-state index contributed by atoms with van der Waals surface area (Å²) in [5, 5.41) is 8.08. The van der Waals surface area contributed by atoms with E-state index < -0.39 is 10.0 Å². The first kappa shape index (κ1) is 14.5. The highest BCUT2D eigenvalue weighted by Gasteiger charge is 2.21. The van der Waals surface area contributed by atoms with Gasteiger partial charge in [0, 0.05) is 26.0 Å². The van der Waals surface area contributed by atoms with Gasteiger partial charge in [0.15, 0.2) is 5.82 Å². The van der Waals surface area contributed by atoms with Crippen LogP contribution in [0.1, 0.15) is 19.0 Å². The summed E-state index contributed by atoms with van der Waals surface area (Å²) in [6.45, 7) is 2.72. The van der Waals surface area contributed by atoms with E-state index in [2.05, 4.69) is 14.9 Å². The Bertz CT molecular complexity index is 688. The minimum atomic E-state index is -3.68. The average molecular weight is 298 g/mol. The van der Waals surface area contributed by atoms with Crippen molar-refractivity contribution in [1.29, 1.82) is 0 Å². The lowest BCUT2D eigenvalue weighted by atomic mass is 10.4. The molecule has 0 spiro atoms. The molecule has 0 aromatic carbocycles. The van der Waals surface area contributed by atoms with Crippen LogP contribution in [0.3, 0.4) is 0 Å². The van der Waals surface area contributed by atoms with Crippen molar-refractivity contribution in [2.45, 2.75) is 31.3 Å². The van der Waals surface area contributed by atoms with E-state index in [-0.39, 0.29) is 17.3 Å². The smallest absolute Gasteiger partial charge is 0.246 e. The number of nitrogen functional groups attached to an aromatic ring is 1. The van der Waals surface area contributed by atoms with Crippen LogP contribution in [-0.2, 0) is 30.2 Å². The van der Waals surface area contributed by atoms with Gasteiger partial charge in [0.05, 0.1) is 12.2 Å². The third-order valence-corrected chi connectivity index (χ3v) is 4.13. The summed E-state index contributed by atoms with van der Waals surface area (Å²) >= 11 is 0. The van der Waals surface area contributed by atoms with Crippen molar-refractivity contribution in [1.82, 2.24) is 24.3 Å². The standard InChI is InChI=1S/C11H18N6O2S/c1-3-5-17-8-10(11(12)15-17)20(18,19)13-7-9-4-6-16(2)14-9/h4,6,8,13H,3,5,7H2,1-2H3,(H2,12,15). The Morgan fingerprint density at radius 2 is 2.15 bits per heavy atom. The Labute approximate surface area is 117 Å². The maximum absolute atomic E-state index is 12.2. The van der Waals surface area contributed by atoms with Crippen LogP contribution in [0.2, 0.25) is 0 Å². The van der Waals surface area contributed by atoms with E-state index in [0.29, 0.717) is 12.2 Å². The Morgan fingerprint density at radius 3 is 2.75 bits per heavy atom. The van der Waals surface area contributed by atoms with Gasteiger partial charge in [-0.05, 0) is 12.5 Å². The molecule has 0 saturated heterocycles. The molecule has 0 aliphatic rings. The Hall–Kier alpha value is -1.87. The Morgan fingerprint density at radius 1 is 1.40 bits per heavy atom. The molecule has 0 fully saturated rings. The van der Waals surface area contributed by atoms with Crippen LogP contribution >= 0.6 is 0 Å². The number of rotatable bonds is 6. The number of nitrogens with two attached hydrogens (primary N) is 1. The molecule has 0 aliphatic carbocycles. The van der Waals surface area contributed by atoms with Gasteiger partial charge in [0.2, 0.25) is 10.0 Å². The first-order chi connectivity index (χ1) is 9.42. The molecule has 3 N–H and O–H groups in total. The van der Waals surface area contributed by atoms with Crippen LogP contribution in [0, 0.1) is 0 Å². The molecule has 0 saturated carbocycles. The highest BCUT2D eigenvalue weighted by Crippen LogP contribution is 2.16. The minimum Gasteiger partial charge on any atom is -0.381 e. The molecule has 0 atom stereocenters. The summed E-state index contributed by atoms with van der Waals surface area (Å²) in [5.74, 6) is 0.00645. The summed E-state index contributed by atoms with van der Waals surface area (Å²) in [4.78, 5) is 0.00174. The second-order valence-corrected chi connectivity index (χ2v) is 6.18. The van der Waals surface area contributed by atoms with Crippen LogP contribution in [0.15, 0.2) is 23.4 Å². The molecule has 2 rings (SSSR count). The lowest BCUT2D eigenvalue weighted by Gasteiger charge is -2.03. The minimum absolute atomic E-state index is 0.00174. The van der Waals surface area contributed by atoms with Gasteiger partial charge in [-0.15, -0.1) is 0 Å². The van der Waals surface area contributed by atoms with E-state index in [4.69, 9.17) is 5.73 Å². The van der Waals surface area contributed by atoms with Crippen molar-refractivity contribution < 1.29 is 8.42 Å². The van der Waals surface area contributed by atoms with Gasteiger partial charge in [0.25, 0.3) is 0 Å². The maximum Gasteiger partial charge on any atom is 0.246 e. The second kappa shape index (κ2) is 5.63. The van der Waals surface area contributed by atoms with Crippen LogP contribution in [-0.4, -0.2) is 28.0 Å². The second-order valence-electron chi connectivity index (χ2n) is 4.45. The first-order valence-corrected chi connectivity index (χ1v) is 7.72. The Balaban J connectivity index is 2.13. The molecule has 20 heavy (non-hydrogen) atoms. The van der Waals surface area contributed by atoms with E-state index in [9.17, 15) is 8.42 Å². The van der Waals surface area contributed by atoms with Crippen LogP contribution < -0.4 is 10.5 Å². The van der Waals surface area contributed by atoms with E-state index in [0.717, 1.165) is 6.42 Å². The molecule has 0 radical (unpaired) electrons. The molecular formula is C11H18N6O2S. The summed E-state index contributed by atoms with van der Waals surface area (Å²) in [7, 11) is -1.92. The molecule has 110 valence electrons. The van der Waals surface area contributed by atoms with Crippen molar-refractivity contribution in [3.63, 3.8) is 0 Å². The molecule has 8 nitrogen and oxygen atoms in total. The van der Waals surface area contributed by atoms with Gasteiger partial charge in [0.1, 0.15) is 4.90 Å². The van der Waals surface area contributed by atoms with Gasteiger partial charge in [-0.25, -0.2) is 13.1 Å². The fourth-order valence-electron chi connectivity index (χ4n) is 1.77. The third kappa shape index (κ3) is 3.17. The van der Waals surface area contributed by atoms with Gasteiger partial charge in [-0.1, -0.05) is 6.92 Å². The van der Waals surface area contributed by atoms with Gasteiger partial charge < -0.3 is 5.73 Å². The highest BCUT2D eigenvalue weighted by molar-refractivity contribution is 7.89. The van der Waals surface area contributed by atoms with Gasteiger partial charge in [-0.3, -0.25) is 9.36 Å². The molecule has 0 aliphatic heterocycles. The predicted octanol–water partition coefficient (Wildman–Crippen LogP) is 0.0873. The molecule has 0 amide bonds. The summed E-state index contributed by atoms with van der Waals surface area (Å²) in [6, 6.07) is 1.74. The molecule has 2 aromatic rings. The molecule has 2 aromatic heterocycles. The Kier molecular flexibility index (Phi) is 4.09. The fraction of sp³-hybridized carbons (Fsp3) is 0.455. The van der Waals surface area contributed by atoms with E-state index in [1.54, 1.807) is 24.0 Å². The molecule has 0 unspecified atom stereocenters. The van der Waals surface area contributed by atoms with E-state index >= 15 is 0 Å². The van der Waals surface area contributed by atoms with Crippen molar-refractivity contribution >= 4 is 15.8 Å².